The molecule has 1 aliphatic carbocycles. The number of benzene rings is 1. The molecule has 2 aromatic rings. The number of carbonyl (C=O) groups excluding carboxylic acids is 1. The summed E-state index contributed by atoms with van der Waals surface area (Å²) in [6, 6.07) is 10.3. The quantitative estimate of drug-likeness (QED) is 0.605. The van der Waals surface area contributed by atoms with Crippen LogP contribution in [0.1, 0.15) is 12.5 Å². The van der Waals surface area contributed by atoms with Crippen molar-refractivity contribution >= 4 is 29.0 Å². The normalized spacial score (nSPS) is 20.7. The number of ether oxygens (including phenoxy) is 1. The summed E-state index contributed by atoms with van der Waals surface area (Å²) in [6.07, 6.45) is 10.7. The number of nitrogens with zero attached hydrogens (tertiary/aromatic N) is 5. The third-order valence-corrected chi connectivity index (χ3v) is 6.48. The third-order valence-electron chi connectivity index (χ3n) is 6.48. The van der Waals surface area contributed by atoms with Crippen molar-refractivity contribution in [2.24, 2.45) is 5.92 Å². The zero-order valence-electron chi connectivity index (χ0n) is 20.0. The summed E-state index contributed by atoms with van der Waals surface area (Å²) in [5.74, 6) is 0.730. The summed E-state index contributed by atoms with van der Waals surface area (Å²) in [7, 11) is 0. The number of morpholine rings is 1. The Labute approximate surface area is 210 Å². The van der Waals surface area contributed by atoms with Crippen molar-refractivity contribution in [1.29, 1.82) is 5.26 Å². The second-order valence-corrected chi connectivity index (χ2v) is 8.79. The lowest BCUT2D eigenvalue weighted by atomic mass is 9.90. The number of fused-ring (bicyclic) bond motifs is 1. The summed E-state index contributed by atoms with van der Waals surface area (Å²) in [4.78, 5) is 25.1. The van der Waals surface area contributed by atoms with E-state index in [9.17, 15) is 10.1 Å². The van der Waals surface area contributed by atoms with E-state index in [-0.39, 0.29) is 17.9 Å². The van der Waals surface area contributed by atoms with Crippen molar-refractivity contribution in [1.82, 2.24) is 15.3 Å². The number of rotatable bonds is 6. The molecule has 9 nitrogen and oxygen atoms in total. The molecular weight excluding hydrogens is 454 g/mol. The fourth-order valence-corrected chi connectivity index (χ4v) is 4.62. The molecule has 1 saturated heterocycles. The van der Waals surface area contributed by atoms with E-state index in [0.717, 1.165) is 48.9 Å². The zero-order chi connectivity index (χ0) is 25.1. The van der Waals surface area contributed by atoms with Gasteiger partial charge >= 0.3 is 0 Å². The number of allylic oxidation sites excluding steroid dienone is 1. The lowest BCUT2D eigenvalue weighted by Gasteiger charge is -2.29. The van der Waals surface area contributed by atoms with E-state index in [2.05, 4.69) is 45.3 Å². The van der Waals surface area contributed by atoms with Gasteiger partial charge in [-0.15, -0.1) is 0 Å². The summed E-state index contributed by atoms with van der Waals surface area (Å²) in [5, 5.41) is 15.8. The van der Waals surface area contributed by atoms with E-state index in [1.54, 1.807) is 6.20 Å². The first kappa shape index (κ1) is 23.3. The van der Waals surface area contributed by atoms with Crippen LogP contribution in [0.4, 0.5) is 23.1 Å². The van der Waals surface area contributed by atoms with E-state index in [0.29, 0.717) is 17.3 Å². The molecule has 2 aliphatic heterocycles. The summed E-state index contributed by atoms with van der Waals surface area (Å²) in [5.41, 5.74) is 4.22. The van der Waals surface area contributed by atoms with Crippen LogP contribution in [0, 0.1) is 17.2 Å². The fraction of sp³-hybridized carbons (Fsp3) is 0.259. The molecule has 0 bridgehead atoms. The molecule has 9 heteroatoms. The van der Waals surface area contributed by atoms with Crippen molar-refractivity contribution < 1.29 is 9.53 Å². The van der Waals surface area contributed by atoms with Crippen molar-refractivity contribution in [2.45, 2.75) is 13.0 Å². The first-order valence-corrected chi connectivity index (χ1v) is 11.8. The predicted octanol–water partition coefficient (Wildman–Crippen LogP) is 3.39. The molecule has 36 heavy (non-hydrogen) atoms. The van der Waals surface area contributed by atoms with Gasteiger partial charge in [0.1, 0.15) is 11.6 Å². The van der Waals surface area contributed by atoms with Gasteiger partial charge in [-0.05, 0) is 48.9 Å². The van der Waals surface area contributed by atoms with Gasteiger partial charge in [-0.2, -0.15) is 10.2 Å². The standard InChI is InChI=1S/C27H27N7O2/c1-3-25(35)30-21-6-9-24-23(14-21)18(2)17-34(24)26-19(15-28)16-29-27(32-26)31-20-4-7-22(8-5-20)33-10-12-36-13-11-33/h3-9,14,16-17,23-24H,1,10-13H2,2H3,(H,30,35)(H,29,31,32). The van der Waals surface area contributed by atoms with E-state index in [1.165, 1.54) is 6.08 Å². The van der Waals surface area contributed by atoms with Crippen LogP contribution in [0.5, 0.6) is 0 Å². The highest BCUT2D eigenvalue weighted by Gasteiger charge is 2.35. The fourth-order valence-electron chi connectivity index (χ4n) is 4.62. The van der Waals surface area contributed by atoms with Crippen molar-refractivity contribution in [2.75, 3.05) is 41.4 Å². The van der Waals surface area contributed by atoms with Gasteiger partial charge in [0.15, 0.2) is 5.82 Å². The highest BCUT2D eigenvalue weighted by Crippen LogP contribution is 2.37. The van der Waals surface area contributed by atoms with Crippen LogP contribution in [-0.2, 0) is 9.53 Å². The minimum atomic E-state index is -0.253. The molecule has 1 aromatic heterocycles. The second kappa shape index (κ2) is 10.1. The minimum Gasteiger partial charge on any atom is -0.378 e. The Morgan fingerprint density at radius 2 is 2.06 bits per heavy atom. The van der Waals surface area contributed by atoms with Gasteiger partial charge in [0, 0.05) is 42.3 Å². The average molecular weight is 482 g/mol. The van der Waals surface area contributed by atoms with Crippen LogP contribution in [0.2, 0.25) is 0 Å². The van der Waals surface area contributed by atoms with Gasteiger partial charge in [0.25, 0.3) is 0 Å². The summed E-state index contributed by atoms with van der Waals surface area (Å²) >= 11 is 0. The Balaban J connectivity index is 1.35. The number of anilines is 4. The lowest BCUT2D eigenvalue weighted by molar-refractivity contribution is -0.115. The van der Waals surface area contributed by atoms with Crippen LogP contribution in [0.3, 0.4) is 0 Å². The van der Waals surface area contributed by atoms with Crippen LogP contribution >= 0.6 is 0 Å². The van der Waals surface area contributed by atoms with Crippen molar-refractivity contribution in [3.05, 3.63) is 84.4 Å². The van der Waals surface area contributed by atoms with Crippen molar-refractivity contribution in [3.8, 4) is 6.07 Å². The van der Waals surface area contributed by atoms with E-state index >= 15 is 0 Å². The van der Waals surface area contributed by atoms with E-state index in [1.807, 2.05) is 48.4 Å². The lowest BCUT2D eigenvalue weighted by Crippen LogP contribution is -2.36. The van der Waals surface area contributed by atoms with E-state index < -0.39 is 0 Å². The highest BCUT2D eigenvalue weighted by molar-refractivity contribution is 5.88. The molecule has 1 aromatic carbocycles. The van der Waals surface area contributed by atoms with Crippen LogP contribution < -0.4 is 20.4 Å². The van der Waals surface area contributed by atoms with Gasteiger partial charge in [0.2, 0.25) is 11.9 Å². The van der Waals surface area contributed by atoms with Gasteiger partial charge in [-0.25, -0.2) is 4.98 Å². The number of carbonyl (C=O) groups is 1. The Morgan fingerprint density at radius 3 is 2.78 bits per heavy atom. The van der Waals surface area contributed by atoms with E-state index in [4.69, 9.17) is 9.72 Å². The summed E-state index contributed by atoms with van der Waals surface area (Å²) in [6.45, 7) is 8.77. The monoisotopic (exact) mass is 481 g/mol. The largest absolute Gasteiger partial charge is 0.378 e. The molecule has 3 aliphatic rings. The Hall–Kier alpha value is -4.42. The molecule has 1 amide bonds. The molecule has 5 rings (SSSR count). The minimum absolute atomic E-state index is 0.0424. The number of hydrogen-bond donors (Lipinski definition) is 2. The molecule has 182 valence electrons. The highest BCUT2D eigenvalue weighted by atomic mass is 16.5. The predicted molar refractivity (Wildman–Crippen MR) is 139 cm³/mol. The molecule has 0 spiro atoms. The molecule has 2 unspecified atom stereocenters. The Morgan fingerprint density at radius 1 is 1.28 bits per heavy atom. The van der Waals surface area contributed by atoms with Crippen LogP contribution in [0.15, 0.2) is 78.8 Å². The van der Waals surface area contributed by atoms with Gasteiger partial charge in [-0.1, -0.05) is 18.7 Å². The number of nitrogens with one attached hydrogen (secondary N) is 2. The number of amides is 1. The second-order valence-electron chi connectivity index (χ2n) is 8.79. The molecule has 0 saturated carbocycles. The first-order valence-electron chi connectivity index (χ1n) is 11.8. The maximum atomic E-state index is 11.7. The van der Waals surface area contributed by atoms with Gasteiger partial charge < -0.3 is 25.2 Å². The molecule has 0 radical (unpaired) electrons. The van der Waals surface area contributed by atoms with Crippen LogP contribution in [0.25, 0.3) is 0 Å². The number of nitriles is 1. The average Bonchev–Trinajstić information content (AvgIpc) is 3.25. The topological polar surface area (TPSA) is 106 Å². The smallest absolute Gasteiger partial charge is 0.247 e. The third kappa shape index (κ3) is 4.72. The molecule has 2 N–H and O–H groups in total. The molecule has 2 atom stereocenters. The van der Waals surface area contributed by atoms with Crippen LogP contribution in [-0.4, -0.2) is 48.2 Å². The maximum Gasteiger partial charge on any atom is 0.247 e. The van der Waals surface area contributed by atoms with Crippen molar-refractivity contribution in [3.63, 3.8) is 0 Å². The van der Waals surface area contributed by atoms with Gasteiger partial charge in [-0.3, -0.25) is 4.79 Å². The molecule has 1 fully saturated rings. The molecular formula is C27H27N7O2. The number of aromatic nitrogens is 2. The number of hydrogen-bond acceptors (Lipinski definition) is 8. The molecule has 3 heterocycles. The SMILES string of the molecule is C=CC(=O)NC1=CC2C(C)=CN(c3nc(Nc4ccc(N5CCOCC5)cc4)ncc3C#N)C2C=C1. The van der Waals surface area contributed by atoms with Gasteiger partial charge in [0.05, 0.1) is 25.5 Å². The zero-order valence-corrected chi connectivity index (χ0v) is 20.0. The summed E-state index contributed by atoms with van der Waals surface area (Å²) < 4.78 is 5.43. The maximum absolute atomic E-state index is 11.7. The first-order chi connectivity index (χ1) is 17.6. The Bertz CT molecular complexity index is 1300. The Kier molecular flexibility index (Phi) is 6.52.